The second-order valence-corrected chi connectivity index (χ2v) is 5.13. The Morgan fingerprint density at radius 1 is 1.42 bits per heavy atom. The van der Waals surface area contributed by atoms with Gasteiger partial charge >= 0.3 is 0 Å². The van der Waals surface area contributed by atoms with Crippen LogP contribution in [0.25, 0.3) is 0 Å². The van der Waals surface area contributed by atoms with Crippen molar-refractivity contribution >= 4 is 11.3 Å². The monoisotopic (exact) mass is 278 g/mol. The molecule has 2 aromatic rings. The fourth-order valence-corrected chi connectivity index (χ4v) is 2.44. The lowest BCUT2D eigenvalue weighted by atomic mass is 10.1. The summed E-state index contributed by atoms with van der Waals surface area (Å²) >= 11 is 1.66. The van der Waals surface area contributed by atoms with Crippen molar-refractivity contribution in [3.05, 3.63) is 34.7 Å². The van der Waals surface area contributed by atoms with Gasteiger partial charge in [0, 0.05) is 23.6 Å². The van der Waals surface area contributed by atoms with E-state index in [-0.39, 0.29) is 6.04 Å². The van der Waals surface area contributed by atoms with Gasteiger partial charge < -0.3 is 10.1 Å². The van der Waals surface area contributed by atoms with Crippen LogP contribution in [0.5, 0.6) is 5.88 Å². The third-order valence-corrected chi connectivity index (χ3v) is 3.56. The van der Waals surface area contributed by atoms with Crippen molar-refractivity contribution in [1.29, 1.82) is 0 Å². The second kappa shape index (κ2) is 7.16. The first-order valence-corrected chi connectivity index (χ1v) is 7.18. The smallest absolute Gasteiger partial charge is 0.216 e. The normalized spacial score (nSPS) is 12.3. The van der Waals surface area contributed by atoms with Gasteiger partial charge in [-0.2, -0.15) is 0 Å². The molecule has 0 saturated heterocycles. The molecule has 0 aliphatic heterocycles. The molecule has 0 spiro atoms. The van der Waals surface area contributed by atoms with Gasteiger partial charge in [0.15, 0.2) is 0 Å². The number of aromatic nitrogens is 3. The number of ether oxygens (including phenoxy) is 1. The minimum atomic E-state index is 0.164. The Morgan fingerprint density at radius 3 is 3.00 bits per heavy atom. The highest BCUT2D eigenvalue weighted by Gasteiger charge is 2.15. The zero-order chi connectivity index (χ0) is 13.5. The molecule has 0 bridgehead atoms. The molecule has 1 unspecified atom stereocenters. The summed E-state index contributed by atoms with van der Waals surface area (Å²) in [6.07, 6.45) is 5.41. The molecular formula is C13H18N4OS. The molecule has 6 heteroatoms. The van der Waals surface area contributed by atoms with E-state index < -0.39 is 0 Å². The Hall–Kier alpha value is -1.53. The van der Waals surface area contributed by atoms with Gasteiger partial charge in [-0.15, -0.1) is 11.3 Å². The average molecular weight is 278 g/mol. The van der Waals surface area contributed by atoms with E-state index in [0.717, 1.165) is 25.1 Å². The minimum absolute atomic E-state index is 0.164. The molecule has 0 aliphatic rings. The molecule has 0 fully saturated rings. The SMILES string of the molecule is CCCNC(Cc1cncs1)c1cc(OC)ncn1. The summed E-state index contributed by atoms with van der Waals surface area (Å²) < 4.78 is 5.16. The maximum Gasteiger partial charge on any atom is 0.216 e. The van der Waals surface area contributed by atoms with Gasteiger partial charge in [0.2, 0.25) is 5.88 Å². The van der Waals surface area contributed by atoms with Crippen LogP contribution in [0, 0.1) is 0 Å². The van der Waals surface area contributed by atoms with Crippen LogP contribution in [0.1, 0.15) is 30.0 Å². The number of rotatable bonds is 7. The maximum absolute atomic E-state index is 5.16. The van der Waals surface area contributed by atoms with Crippen molar-refractivity contribution in [2.45, 2.75) is 25.8 Å². The van der Waals surface area contributed by atoms with E-state index in [2.05, 4.69) is 27.2 Å². The highest BCUT2D eigenvalue weighted by molar-refractivity contribution is 7.09. The fraction of sp³-hybridized carbons (Fsp3) is 0.462. The van der Waals surface area contributed by atoms with E-state index in [1.165, 1.54) is 4.88 Å². The number of thiazole rings is 1. The molecule has 102 valence electrons. The summed E-state index contributed by atoms with van der Waals surface area (Å²) in [6.45, 7) is 3.10. The predicted molar refractivity (Wildman–Crippen MR) is 75.4 cm³/mol. The molecule has 0 radical (unpaired) electrons. The molecule has 19 heavy (non-hydrogen) atoms. The third-order valence-electron chi connectivity index (χ3n) is 2.76. The number of nitrogens with zero attached hydrogens (tertiary/aromatic N) is 3. The van der Waals surface area contributed by atoms with Crippen LogP contribution in [0.3, 0.4) is 0 Å². The molecule has 0 aromatic carbocycles. The fourth-order valence-electron chi connectivity index (χ4n) is 1.80. The summed E-state index contributed by atoms with van der Waals surface area (Å²) in [6, 6.07) is 2.05. The van der Waals surface area contributed by atoms with Gasteiger partial charge in [-0.25, -0.2) is 9.97 Å². The number of methoxy groups -OCH3 is 1. The Morgan fingerprint density at radius 2 is 2.32 bits per heavy atom. The van der Waals surface area contributed by atoms with E-state index in [4.69, 9.17) is 4.74 Å². The quantitative estimate of drug-likeness (QED) is 0.841. The summed E-state index contributed by atoms with van der Waals surface area (Å²) in [5, 5.41) is 3.51. The van der Waals surface area contributed by atoms with Gasteiger partial charge in [-0.3, -0.25) is 4.98 Å². The molecule has 1 N–H and O–H groups in total. The second-order valence-electron chi connectivity index (χ2n) is 4.16. The van der Waals surface area contributed by atoms with Crippen molar-refractivity contribution in [1.82, 2.24) is 20.3 Å². The highest BCUT2D eigenvalue weighted by atomic mass is 32.1. The topological polar surface area (TPSA) is 59.9 Å². The van der Waals surface area contributed by atoms with Gasteiger partial charge in [0.1, 0.15) is 6.33 Å². The van der Waals surface area contributed by atoms with Crippen LogP contribution in [-0.4, -0.2) is 28.6 Å². The molecule has 0 aliphatic carbocycles. The van der Waals surface area contributed by atoms with Crippen molar-refractivity contribution < 1.29 is 4.74 Å². The Bertz CT molecular complexity index is 489. The Balaban J connectivity index is 2.15. The van der Waals surface area contributed by atoms with E-state index in [9.17, 15) is 0 Å². The lowest BCUT2D eigenvalue weighted by molar-refractivity contribution is 0.393. The van der Waals surface area contributed by atoms with Crippen molar-refractivity contribution in [3.63, 3.8) is 0 Å². The number of hydrogen-bond donors (Lipinski definition) is 1. The third kappa shape index (κ3) is 3.97. The molecular weight excluding hydrogens is 260 g/mol. The summed E-state index contributed by atoms with van der Waals surface area (Å²) in [5.41, 5.74) is 2.81. The first kappa shape index (κ1) is 13.9. The lowest BCUT2D eigenvalue weighted by Gasteiger charge is -2.17. The van der Waals surface area contributed by atoms with Crippen LogP contribution in [-0.2, 0) is 6.42 Å². The first-order chi connectivity index (χ1) is 9.33. The summed E-state index contributed by atoms with van der Waals surface area (Å²) in [4.78, 5) is 13.8. The van der Waals surface area contributed by atoms with Crippen LogP contribution < -0.4 is 10.1 Å². The van der Waals surface area contributed by atoms with Crippen molar-refractivity contribution in [3.8, 4) is 5.88 Å². The number of nitrogens with one attached hydrogen (secondary N) is 1. The summed E-state index contributed by atoms with van der Waals surface area (Å²) in [5.74, 6) is 0.595. The van der Waals surface area contributed by atoms with Crippen molar-refractivity contribution in [2.24, 2.45) is 0 Å². The van der Waals surface area contributed by atoms with Crippen LogP contribution >= 0.6 is 11.3 Å². The molecule has 0 saturated carbocycles. The Labute approximate surface area is 117 Å². The minimum Gasteiger partial charge on any atom is -0.481 e. The zero-order valence-corrected chi connectivity index (χ0v) is 12.0. The van der Waals surface area contributed by atoms with Crippen LogP contribution in [0.15, 0.2) is 24.1 Å². The molecule has 0 amide bonds. The molecule has 5 nitrogen and oxygen atoms in total. The van der Waals surface area contributed by atoms with E-state index in [1.54, 1.807) is 24.8 Å². The largest absolute Gasteiger partial charge is 0.481 e. The van der Waals surface area contributed by atoms with E-state index >= 15 is 0 Å². The van der Waals surface area contributed by atoms with Gasteiger partial charge in [0.05, 0.1) is 24.4 Å². The molecule has 2 heterocycles. The van der Waals surface area contributed by atoms with Crippen molar-refractivity contribution in [2.75, 3.05) is 13.7 Å². The van der Waals surface area contributed by atoms with Gasteiger partial charge in [-0.1, -0.05) is 6.92 Å². The average Bonchev–Trinajstić information content (AvgIpc) is 2.96. The number of hydrogen-bond acceptors (Lipinski definition) is 6. The lowest BCUT2D eigenvalue weighted by Crippen LogP contribution is -2.24. The van der Waals surface area contributed by atoms with E-state index in [1.807, 2.05) is 17.8 Å². The van der Waals surface area contributed by atoms with E-state index in [0.29, 0.717) is 5.88 Å². The zero-order valence-electron chi connectivity index (χ0n) is 11.2. The maximum atomic E-state index is 5.16. The van der Waals surface area contributed by atoms with Crippen LogP contribution in [0.4, 0.5) is 0 Å². The molecule has 1 atom stereocenters. The Kier molecular flexibility index (Phi) is 5.23. The predicted octanol–water partition coefficient (Wildman–Crippen LogP) is 2.23. The standard InChI is InChI=1S/C13H18N4OS/c1-3-4-15-11(5-10-7-14-9-19-10)12-6-13(18-2)17-8-16-12/h6-9,11,15H,3-5H2,1-2H3. The molecule has 2 aromatic heterocycles. The van der Waals surface area contributed by atoms with Gasteiger partial charge in [-0.05, 0) is 13.0 Å². The highest BCUT2D eigenvalue weighted by Crippen LogP contribution is 2.20. The van der Waals surface area contributed by atoms with Gasteiger partial charge in [0.25, 0.3) is 0 Å². The summed E-state index contributed by atoms with van der Waals surface area (Å²) in [7, 11) is 1.61. The molecule has 2 rings (SSSR count). The van der Waals surface area contributed by atoms with Crippen LogP contribution in [0.2, 0.25) is 0 Å². The first-order valence-electron chi connectivity index (χ1n) is 6.30.